The molecule has 2 aliphatic rings. The Bertz CT molecular complexity index is 1660. The molecule has 1 saturated heterocycles. The van der Waals surface area contributed by atoms with Crippen LogP contribution in [-0.2, 0) is 15.6 Å². The summed E-state index contributed by atoms with van der Waals surface area (Å²) in [5.74, 6) is 0.977. The lowest BCUT2D eigenvalue weighted by Crippen LogP contribution is -2.59. The number of carbonyl (C=O) groups is 1. The highest BCUT2D eigenvalue weighted by Gasteiger charge is 2.37. The number of hydrogen-bond acceptors (Lipinski definition) is 6. The molecule has 3 heterocycles. The van der Waals surface area contributed by atoms with Crippen LogP contribution in [0.15, 0.2) is 65.0 Å². The molecule has 10 heteroatoms. The summed E-state index contributed by atoms with van der Waals surface area (Å²) < 4.78 is 27.5. The van der Waals surface area contributed by atoms with Gasteiger partial charge in [-0.1, -0.05) is 44.2 Å². The first-order valence-electron chi connectivity index (χ1n) is 14.4. The van der Waals surface area contributed by atoms with Crippen LogP contribution in [0.25, 0.3) is 11.3 Å². The van der Waals surface area contributed by atoms with E-state index in [1.807, 2.05) is 36.9 Å². The molecule has 1 aromatic heterocycles. The molecule has 0 saturated carbocycles. The van der Waals surface area contributed by atoms with Gasteiger partial charge in [-0.15, -0.1) is 0 Å². The Labute approximate surface area is 260 Å². The molecule has 3 atom stereocenters. The molecule has 0 aliphatic carbocycles. The molecule has 226 valence electrons. The number of carbonyl (C=O) groups excluding carboxylic acids is 1. The first-order chi connectivity index (χ1) is 20.4. The summed E-state index contributed by atoms with van der Waals surface area (Å²) in [6.45, 7) is 15.3. The molecular weight excluding hydrogens is 585 g/mol. The van der Waals surface area contributed by atoms with Gasteiger partial charge in [-0.25, -0.2) is 14.4 Å². The molecule has 3 aromatic rings. The number of fused-ring (bicyclic) bond motifs is 1. The zero-order valence-electron chi connectivity index (χ0n) is 25.4. The summed E-state index contributed by atoms with van der Waals surface area (Å²) in [6, 6.07) is 12.1. The number of pyridine rings is 1. The van der Waals surface area contributed by atoms with Gasteiger partial charge in [0, 0.05) is 52.7 Å². The highest BCUT2D eigenvalue weighted by molar-refractivity contribution is 7.84. The average Bonchev–Trinajstić information content (AvgIpc) is 2.97. The maximum Gasteiger partial charge on any atom is 0.246 e. The van der Waals surface area contributed by atoms with Crippen LogP contribution in [0, 0.1) is 12.7 Å². The number of aromatic nitrogens is 1. The molecule has 2 aliphatic heterocycles. The summed E-state index contributed by atoms with van der Waals surface area (Å²) in [5.41, 5.74) is 4.31. The lowest BCUT2D eigenvalue weighted by atomic mass is 9.96. The van der Waals surface area contributed by atoms with Crippen LogP contribution in [0.3, 0.4) is 0 Å². The number of nitrogens with zero attached hydrogens (tertiary/aromatic N) is 5. The number of aliphatic imine (C=N–C) groups is 1. The number of halogens is 2. The van der Waals surface area contributed by atoms with E-state index < -0.39 is 16.6 Å². The van der Waals surface area contributed by atoms with Gasteiger partial charge in [0.15, 0.2) is 0 Å². The van der Waals surface area contributed by atoms with E-state index in [9.17, 15) is 9.00 Å². The van der Waals surface area contributed by atoms with Crippen molar-refractivity contribution in [2.45, 2.75) is 57.5 Å². The van der Waals surface area contributed by atoms with Crippen molar-refractivity contribution in [2.24, 2.45) is 4.99 Å². The predicted molar refractivity (Wildman–Crippen MR) is 173 cm³/mol. The van der Waals surface area contributed by atoms with Crippen LogP contribution in [-0.4, -0.2) is 68.8 Å². The minimum Gasteiger partial charge on any atom is -0.350 e. The molecule has 0 bridgehead atoms. The highest BCUT2D eigenvalue weighted by atomic mass is 35.5. The number of piperazine rings is 1. The molecule has 43 heavy (non-hydrogen) atoms. The van der Waals surface area contributed by atoms with E-state index in [2.05, 4.69) is 37.1 Å². The first kappa shape index (κ1) is 30.9. The first-order valence-corrected chi connectivity index (χ1v) is 16.3. The number of amidine groups is 1. The topological polar surface area (TPSA) is 69.1 Å². The maximum absolute atomic E-state index is 15.0. The fourth-order valence-corrected chi connectivity index (χ4v) is 6.89. The minimum absolute atomic E-state index is 0.0324. The molecular formula is C33H37ClFN5O2S. The zero-order chi connectivity index (χ0) is 31.2. The Hall–Kier alpha value is -3.56. The number of aryl methyl sites for hydroxylation is 1. The van der Waals surface area contributed by atoms with Crippen LogP contribution in [0.1, 0.15) is 50.3 Å². The second-order valence-corrected chi connectivity index (χ2v) is 13.3. The molecule has 1 amide bonds. The van der Waals surface area contributed by atoms with E-state index in [0.29, 0.717) is 35.2 Å². The molecule has 1 fully saturated rings. The van der Waals surface area contributed by atoms with E-state index in [4.69, 9.17) is 21.6 Å². The molecule has 0 N–H and O–H groups in total. The fourth-order valence-electron chi connectivity index (χ4n) is 6.00. The van der Waals surface area contributed by atoms with Crippen LogP contribution in [0.4, 0.5) is 15.9 Å². The summed E-state index contributed by atoms with van der Waals surface area (Å²) in [5, 5.41) is 0.317. The van der Waals surface area contributed by atoms with Gasteiger partial charge in [-0.05, 0) is 74.2 Å². The SMILES string of the molecule is C=CC(=O)N1C[C@H](C)N(C2=NCN(c3c(C)cc(S(C)=O)cc3C(C)C)c3nc(-c4ccccc4F)c(Cl)cc32)C[C@H]1C. The minimum atomic E-state index is -1.14. The van der Waals surface area contributed by atoms with Crippen LogP contribution in [0.5, 0.6) is 0 Å². The van der Waals surface area contributed by atoms with E-state index in [-0.39, 0.29) is 30.6 Å². The normalized spacial score (nSPS) is 19.3. The van der Waals surface area contributed by atoms with Gasteiger partial charge in [-0.3, -0.25) is 9.00 Å². The second kappa shape index (κ2) is 12.2. The Balaban J connectivity index is 1.70. The Kier molecular flexibility index (Phi) is 8.77. The lowest BCUT2D eigenvalue weighted by Gasteiger charge is -2.46. The molecule has 0 radical (unpaired) electrons. The van der Waals surface area contributed by atoms with Crippen molar-refractivity contribution in [3.8, 4) is 11.3 Å². The van der Waals surface area contributed by atoms with Crippen molar-refractivity contribution in [2.75, 3.05) is 30.9 Å². The van der Waals surface area contributed by atoms with Gasteiger partial charge < -0.3 is 14.7 Å². The third-order valence-corrected chi connectivity index (χ3v) is 9.37. The molecule has 2 aromatic carbocycles. The van der Waals surface area contributed by atoms with E-state index >= 15 is 4.39 Å². The fraction of sp³-hybridized carbons (Fsp3) is 0.364. The highest BCUT2D eigenvalue weighted by Crippen LogP contribution is 2.42. The lowest BCUT2D eigenvalue weighted by molar-refractivity contribution is -0.130. The van der Waals surface area contributed by atoms with Gasteiger partial charge in [0.05, 0.1) is 22.0 Å². The summed E-state index contributed by atoms with van der Waals surface area (Å²) in [6.07, 6.45) is 3.03. The molecule has 0 spiro atoms. The largest absolute Gasteiger partial charge is 0.350 e. The Morgan fingerprint density at radius 3 is 2.51 bits per heavy atom. The van der Waals surface area contributed by atoms with Gasteiger partial charge in [0.1, 0.15) is 24.1 Å². The number of hydrogen-bond donors (Lipinski definition) is 0. The van der Waals surface area contributed by atoms with Crippen LogP contribution < -0.4 is 4.90 Å². The van der Waals surface area contributed by atoms with Crippen LogP contribution in [0.2, 0.25) is 5.02 Å². The van der Waals surface area contributed by atoms with E-state index in [0.717, 1.165) is 33.1 Å². The van der Waals surface area contributed by atoms with Crippen molar-refractivity contribution < 1.29 is 13.4 Å². The van der Waals surface area contributed by atoms with Gasteiger partial charge in [0.25, 0.3) is 0 Å². The zero-order valence-corrected chi connectivity index (χ0v) is 27.0. The summed E-state index contributed by atoms with van der Waals surface area (Å²) in [4.78, 5) is 29.5. The number of rotatable bonds is 5. The van der Waals surface area contributed by atoms with Crippen molar-refractivity contribution in [3.05, 3.63) is 82.6 Å². The number of amides is 1. The average molecular weight is 622 g/mol. The maximum atomic E-state index is 15.0. The van der Waals surface area contributed by atoms with E-state index in [1.165, 1.54) is 12.1 Å². The number of anilines is 2. The van der Waals surface area contributed by atoms with Gasteiger partial charge >= 0.3 is 0 Å². The van der Waals surface area contributed by atoms with Crippen molar-refractivity contribution in [1.82, 2.24) is 14.8 Å². The van der Waals surface area contributed by atoms with Crippen molar-refractivity contribution in [1.29, 1.82) is 0 Å². The summed E-state index contributed by atoms with van der Waals surface area (Å²) >= 11 is 6.86. The van der Waals surface area contributed by atoms with Crippen LogP contribution >= 0.6 is 11.6 Å². The molecule has 5 rings (SSSR count). The predicted octanol–water partition coefficient (Wildman–Crippen LogP) is 6.67. The van der Waals surface area contributed by atoms with Gasteiger partial charge in [-0.2, -0.15) is 0 Å². The third kappa shape index (κ3) is 5.72. The van der Waals surface area contributed by atoms with Crippen molar-refractivity contribution >= 4 is 45.6 Å². The van der Waals surface area contributed by atoms with Gasteiger partial charge in [0.2, 0.25) is 5.91 Å². The van der Waals surface area contributed by atoms with Crippen molar-refractivity contribution in [3.63, 3.8) is 0 Å². The Morgan fingerprint density at radius 2 is 1.86 bits per heavy atom. The second-order valence-electron chi connectivity index (χ2n) is 11.6. The quantitative estimate of drug-likeness (QED) is 0.298. The molecule has 1 unspecified atom stereocenters. The molecule has 7 nitrogen and oxygen atoms in total. The number of benzene rings is 2. The summed E-state index contributed by atoms with van der Waals surface area (Å²) in [7, 11) is -1.14. The monoisotopic (exact) mass is 621 g/mol. The van der Waals surface area contributed by atoms with E-state index in [1.54, 1.807) is 24.5 Å². The smallest absolute Gasteiger partial charge is 0.246 e. The third-order valence-electron chi connectivity index (χ3n) is 8.19. The standard InChI is InChI=1S/C33H37ClFN5O2S/c1-8-29(41)38-16-22(6)39(17-21(38)5)32-26-15-27(34)30(24-11-9-10-12-28(24)35)37-33(26)40(18-36-32)31-20(4)13-23(43(7)42)14-25(31)19(2)3/h8-15,19,21-22H,1,16-18H2,2-7H3/t21-,22+,43?/m1/s1. The Morgan fingerprint density at radius 1 is 1.14 bits per heavy atom.